The van der Waals surface area contributed by atoms with Gasteiger partial charge in [0.25, 0.3) is 5.91 Å². The molecule has 13 heteroatoms. The number of benzene rings is 2. The van der Waals surface area contributed by atoms with Gasteiger partial charge in [0.2, 0.25) is 5.91 Å². The summed E-state index contributed by atoms with van der Waals surface area (Å²) in [4.78, 5) is 43.8. The number of nitrogens with zero attached hydrogens (tertiary/aromatic N) is 2. The van der Waals surface area contributed by atoms with Crippen molar-refractivity contribution < 1.29 is 42.1 Å². The fraction of sp³-hybridized carbons (Fsp3) is 0.595. The summed E-state index contributed by atoms with van der Waals surface area (Å²) < 4.78 is 51.5. The van der Waals surface area contributed by atoms with E-state index in [0.29, 0.717) is 25.3 Å². The maximum Gasteiger partial charge on any atom is 0.416 e. The Morgan fingerprint density at radius 2 is 1.62 bits per heavy atom. The highest BCUT2D eigenvalue weighted by molar-refractivity contribution is 6.02. The summed E-state index contributed by atoms with van der Waals surface area (Å²) in [7, 11) is 1.81. The molecule has 1 aliphatic carbocycles. The van der Waals surface area contributed by atoms with Gasteiger partial charge in [-0.1, -0.05) is 26.2 Å². The van der Waals surface area contributed by atoms with Crippen molar-refractivity contribution in [2.24, 2.45) is 11.8 Å². The fourth-order valence-corrected chi connectivity index (χ4v) is 6.52. The fourth-order valence-electron chi connectivity index (χ4n) is 6.52. The maximum absolute atomic E-state index is 14.4. The number of rotatable bonds is 7. The number of halogens is 3. The standard InChI is InChI=1S/C37H51F3N4O6/c1-24-21-44(25(2)23-45)35(47)31-20-30(42-36(48)41-29-15-13-28(14-16-29)37(38,39)40)17-18-32(31)50-26(3)10-8-9-19-49-33(24)22-43(4)34(46)27-11-6-5-7-12-27/h13-18,20,24-27,33,45H,5-12,19,21-23H2,1-4H3,(H2,41,42,48)/t24-,25+,26-,33+/m0/s1. The molecule has 0 bridgehead atoms. The molecule has 2 aromatic rings. The molecule has 0 saturated heterocycles. The Morgan fingerprint density at radius 3 is 2.28 bits per heavy atom. The minimum atomic E-state index is -4.50. The SMILES string of the molecule is C[C@H](CO)N1C[C@H](C)[C@@H](CN(C)C(=O)C2CCCCC2)OCCCC[C@H](C)Oc2ccc(NC(=O)Nc3ccc(C(F)(F)F)cc3)cc2C1=O. The third-order valence-electron chi connectivity index (χ3n) is 9.56. The Balaban J connectivity index is 1.57. The highest BCUT2D eigenvalue weighted by Gasteiger charge is 2.33. The van der Waals surface area contributed by atoms with Gasteiger partial charge in [0.1, 0.15) is 5.75 Å². The molecule has 3 N–H and O–H groups in total. The van der Waals surface area contributed by atoms with E-state index in [1.165, 1.54) is 6.07 Å². The van der Waals surface area contributed by atoms with Crippen LogP contribution in [0.25, 0.3) is 0 Å². The zero-order valence-corrected chi connectivity index (χ0v) is 29.4. The highest BCUT2D eigenvalue weighted by Crippen LogP contribution is 2.31. The molecule has 0 unspecified atom stereocenters. The number of fused-ring (bicyclic) bond motifs is 1. The summed E-state index contributed by atoms with van der Waals surface area (Å²) in [6.45, 7) is 6.42. The molecule has 0 aromatic heterocycles. The van der Waals surface area contributed by atoms with E-state index in [-0.39, 0.29) is 60.0 Å². The van der Waals surface area contributed by atoms with Gasteiger partial charge in [0.15, 0.2) is 0 Å². The van der Waals surface area contributed by atoms with Crippen LogP contribution in [0.5, 0.6) is 5.75 Å². The number of carbonyl (C=O) groups is 3. The Hall–Kier alpha value is -3.84. The number of likely N-dealkylation sites (N-methyl/N-ethyl adjacent to an activating group) is 1. The van der Waals surface area contributed by atoms with Crippen LogP contribution >= 0.6 is 0 Å². The Bertz CT molecular complexity index is 1430. The van der Waals surface area contributed by atoms with Crippen LogP contribution in [0.4, 0.5) is 29.3 Å². The maximum atomic E-state index is 14.4. The van der Waals surface area contributed by atoms with Crippen molar-refractivity contribution in [3.8, 4) is 5.75 Å². The third kappa shape index (κ3) is 10.8. The van der Waals surface area contributed by atoms with Crippen molar-refractivity contribution in [2.75, 3.05) is 44.0 Å². The first-order valence-corrected chi connectivity index (χ1v) is 17.6. The van der Waals surface area contributed by atoms with Gasteiger partial charge in [0.05, 0.1) is 36.0 Å². The molecule has 0 spiro atoms. The normalized spacial score (nSPS) is 22.0. The molecule has 0 radical (unpaired) electrons. The van der Waals surface area contributed by atoms with Gasteiger partial charge in [-0.25, -0.2) is 4.79 Å². The van der Waals surface area contributed by atoms with Crippen LogP contribution in [-0.4, -0.2) is 84.4 Å². The smallest absolute Gasteiger partial charge is 0.416 e. The van der Waals surface area contributed by atoms with Gasteiger partial charge in [-0.15, -0.1) is 0 Å². The second-order valence-electron chi connectivity index (χ2n) is 13.7. The number of amides is 4. The third-order valence-corrected chi connectivity index (χ3v) is 9.56. The molecule has 1 heterocycles. The summed E-state index contributed by atoms with van der Waals surface area (Å²) in [5.74, 6) is -0.167. The molecule has 1 saturated carbocycles. The van der Waals surface area contributed by atoms with Gasteiger partial charge in [0, 0.05) is 50.0 Å². The Morgan fingerprint density at radius 1 is 0.980 bits per heavy atom. The van der Waals surface area contributed by atoms with Crippen molar-refractivity contribution in [1.82, 2.24) is 9.80 Å². The van der Waals surface area contributed by atoms with Gasteiger partial charge in [-0.2, -0.15) is 13.2 Å². The van der Waals surface area contributed by atoms with E-state index in [9.17, 15) is 32.7 Å². The summed E-state index contributed by atoms with van der Waals surface area (Å²) in [5, 5.41) is 15.4. The molecule has 4 atom stereocenters. The zero-order valence-electron chi connectivity index (χ0n) is 29.4. The first-order chi connectivity index (χ1) is 23.8. The second-order valence-corrected chi connectivity index (χ2v) is 13.7. The van der Waals surface area contributed by atoms with Crippen molar-refractivity contribution in [3.05, 3.63) is 53.6 Å². The summed E-state index contributed by atoms with van der Waals surface area (Å²) >= 11 is 0. The zero-order chi connectivity index (χ0) is 36.4. The number of nitrogens with one attached hydrogen (secondary N) is 2. The van der Waals surface area contributed by atoms with E-state index in [1.807, 2.05) is 20.9 Å². The number of hydrogen-bond donors (Lipinski definition) is 3. The van der Waals surface area contributed by atoms with Crippen LogP contribution in [-0.2, 0) is 15.7 Å². The predicted molar refractivity (Wildman–Crippen MR) is 185 cm³/mol. The van der Waals surface area contributed by atoms with Crippen LogP contribution in [0.2, 0.25) is 0 Å². The minimum Gasteiger partial charge on any atom is -0.490 e. The summed E-state index contributed by atoms with van der Waals surface area (Å²) in [5.41, 5.74) is -0.249. The number of urea groups is 1. The monoisotopic (exact) mass is 704 g/mol. The molecule has 1 fully saturated rings. The van der Waals surface area contributed by atoms with Crippen molar-refractivity contribution in [3.63, 3.8) is 0 Å². The second kappa shape index (κ2) is 17.9. The number of anilines is 2. The van der Waals surface area contributed by atoms with Gasteiger partial charge in [-0.3, -0.25) is 9.59 Å². The minimum absolute atomic E-state index is 0.0212. The van der Waals surface area contributed by atoms with E-state index in [4.69, 9.17) is 9.47 Å². The largest absolute Gasteiger partial charge is 0.490 e. The lowest BCUT2D eigenvalue weighted by molar-refractivity contribution is -0.138. The van der Waals surface area contributed by atoms with E-state index < -0.39 is 29.7 Å². The molecule has 2 aromatic carbocycles. The molecule has 4 rings (SSSR count). The predicted octanol–water partition coefficient (Wildman–Crippen LogP) is 7.18. The number of aliphatic hydroxyl groups excluding tert-OH is 1. The van der Waals surface area contributed by atoms with Crippen LogP contribution in [0, 0.1) is 11.8 Å². The van der Waals surface area contributed by atoms with Crippen molar-refractivity contribution in [2.45, 2.75) is 96.6 Å². The van der Waals surface area contributed by atoms with E-state index in [0.717, 1.165) is 69.2 Å². The topological polar surface area (TPSA) is 120 Å². The molecule has 276 valence electrons. The molecule has 4 amide bonds. The number of carbonyl (C=O) groups excluding carboxylic acids is 3. The van der Waals surface area contributed by atoms with Gasteiger partial charge < -0.3 is 35.0 Å². The average Bonchev–Trinajstić information content (AvgIpc) is 3.09. The Labute approximate surface area is 292 Å². The number of alkyl halides is 3. The Kier molecular flexibility index (Phi) is 13.9. The average molecular weight is 705 g/mol. The number of ether oxygens (including phenoxy) is 2. The van der Waals surface area contributed by atoms with Crippen LogP contribution in [0.15, 0.2) is 42.5 Å². The lowest BCUT2D eigenvalue weighted by Gasteiger charge is -2.36. The van der Waals surface area contributed by atoms with Gasteiger partial charge >= 0.3 is 12.2 Å². The lowest BCUT2D eigenvalue weighted by Crippen LogP contribution is -2.48. The van der Waals surface area contributed by atoms with E-state index >= 15 is 0 Å². The van der Waals surface area contributed by atoms with Crippen LogP contribution in [0.3, 0.4) is 0 Å². The molecule has 50 heavy (non-hydrogen) atoms. The number of aliphatic hydroxyl groups is 1. The quantitative estimate of drug-likeness (QED) is 0.281. The summed E-state index contributed by atoms with van der Waals surface area (Å²) in [6.07, 6.45) is 2.27. The first-order valence-electron chi connectivity index (χ1n) is 17.6. The highest BCUT2D eigenvalue weighted by atomic mass is 19.4. The first kappa shape index (κ1) is 39.0. The lowest BCUT2D eigenvalue weighted by atomic mass is 9.88. The van der Waals surface area contributed by atoms with Crippen LogP contribution in [0.1, 0.15) is 88.1 Å². The van der Waals surface area contributed by atoms with Crippen molar-refractivity contribution in [1.29, 1.82) is 0 Å². The van der Waals surface area contributed by atoms with Crippen LogP contribution < -0.4 is 15.4 Å². The molecule has 2 aliphatic rings. The molecule has 10 nitrogen and oxygen atoms in total. The summed E-state index contributed by atoms with van der Waals surface area (Å²) in [6, 6.07) is 7.44. The van der Waals surface area contributed by atoms with E-state index in [1.54, 1.807) is 28.9 Å². The molecular formula is C37H51F3N4O6. The van der Waals surface area contributed by atoms with Gasteiger partial charge in [-0.05, 0) is 88.4 Å². The number of hydrogen-bond acceptors (Lipinski definition) is 6. The van der Waals surface area contributed by atoms with E-state index in [2.05, 4.69) is 10.6 Å². The molecule has 1 aliphatic heterocycles. The van der Waals surface area contributed by atoms with Crippen molar-refractivity contribution >= 4 is 29.2 Å². The molecular weight excluding hydrogens is 653 g/mol.